The number of benzene rings is 1. The van der Waals surface area contributed by atoms with Crippen LogP contribution in [-0.2, 0) is 6.42 Å². The van der Waals surface area contributed by atoms with Crippen LogP contribution in [0.15, 0.2) is 41.2 Å². The van der Waals surface area contributed by atoms with Crippen LogP contribution < -0.4 is 10.3 Å². The molecule has 0 spiro atoms. The number of rotatable bonds is 5. The van der Waals surface area contributed by atoms with Crippen LogP contribution >= 0.6 is 0 Å². The number of H-pyrrole nitrogens is 1. The Hall–Kier alpha value is -2.23. The number of aromatic nitrogens is 1. The average molecular weight is 259 g/mol. The molecule has 1 aromatic carbocycles. The molecule has 1 aromatic heterocycles. The quantitative estimate of drug-likeness (QED) is 0.810. The van der Waals surface area contributed by atoms with Gasteiger partial charge >= 0.3 is 0 Å². The summed E-state index contributed by atoms with van der Waals surface area (Å²) in [5.41, 5.74) is 1.64. The minimum absolute atomic E-state index is 0.00166. The van der Waals surface area contributed by atoms with E-state index in [4.69, 9.17) is 4.74 Å². The standard InChI is InChI=1S/C15H17NO3/c1-11-4-6-14(7-5-11)19-8-2-3-12-9-13(17)10-15(18)16-12/h4-7,9-10H,2-3,8H2,1H3,(H2,16,17,18). The fourth-order valence-electron chi connectivity index (χ4n) is 1.81. The third-order valence-electron chi connectivity index (χ3n) is 2.77. The first-order chi connectivity index (χ1) is 9.13. The fraction of sp³-hybridized carbons (Fsp3) is 0.267. The number of hydrogen-bond donors (Lipinski definition) is 2. The first-order valence-corrected chi connectivity index (χ1v) is 6.25. The molecule has 2 rings (SSSR count). The molecule has 2 aromatic rings. The van der Waals surface area contributed by atoms with E-state index in [1.54, 1.807) is 6.07 Å². The minimum Gasteiger partial charge on any atom is -0.508 e. The Bertz CT molecular complexity index is 587. The summed E-state index contributed by atoms with van der Waals surface area (Å²) in [5.74, 6) is 0.841. The maximum absolute atomic E-state index is 11.2. The Morgan fingerprint density at radius 3 is 2.63 bits per heavy atom. The molecule has 0 aliphatic heterocycles. The second kappa shape index (κ2) is 6.09. The van der Waals surface area contributed by atoms with E-state index in [-0.39, 0.29) is 11.3 Å². The van der Waals surface area contributed by atoms with Crippen LogP contribution in [0.3, 0.4) is 0 Å². The van der Waals surface area contributed by atoms with Crippen LogP contribution in [0.25, 0.3) is 0 Å². The highest BCUT2D eigenvalue weighted by Gasteiger charge is 1.99. The van der Waals surface area contributed by atoms with Crippen LogP contribution in [-0.4, -0.2) is 16.7 Å². The number of aromatic hydroxyl groups is 1. The number of nitrogens with one attached hydrogen (secondary N) is 1. The molecular formula is C15H17NO3. The molecule has 4 heteroatoms. The molecule has 0 amide bonds. The monoisotopic (exact) mass is 259 g/mol. The van der Waals surface area contributed by atoms with Gasteiger partial charge in [-0.1, -0.05) is 17.7 Å². The zero-order valence-corrected chi connectivity index (χ0v) is 10.8. The van der Waals surface area contributed by atoms with Gasteiger partial charge in [0.1, 0.15) is 11.5 Å². The average Bonchev–Trinajstić information content (AvgIpc) is 2.36. The Balaban J connectivity index is 1.80. The molecule has 0 atom stereocenters. The van der Waals surface area contributed by atoms with Gasteiger partial charge in [0.15, 0.2) is 0 Å². The minimum atomic E-state index is -0.283. The van der Waals surface area contributed by atoms with Gasteiger partial charge in [-0.05, 0) is 38.0 Å². The second-order valence-electron chi connectivity index (χ2n) is 4.49. The molecule has 4 nitrogen and oxygen atoms in total. The lowest BCUT2D eigenvalue weighted by Crippen LogP contribution is -2.08. The predicted octanol–water partition coefficient (Wildman–Crippen LogP) is 2.40. The van der Waals surface area contributed by atoms with Crippen LogP contribution in [0.4, 0.5) is 0 Å². The van der Waals surface area contributed by atoms with E-state index < -0.39 is 0 Å². The van der Waals surface area contributed by atoms with Crippen molar-refractivity contribution in [3.63, 3.8) is 0 Å². The summed E-state index contributed by atoms with van der Waals surface area (Å²) < 4.78 is 5.59. The molecule has 0 saturated heterocycles. The van der Waals surface area contributed by atoms with Crippen LogP contribution in [0.5, 0.6) is 11.5 Å². The van der Waals surface area contributed by atoms with E-state index in [9.17, 15) is 9.90 Å². The molecule has 0 fully saturated rings. The summed E-state index contributed by atoms with van der Waals surface area (Å²) in [7, 11) is 0. The summed E-state index contributed by atoms with van der Waals surface area (Å²) in [5, 5.41) is 9.30. The first-order valence-electron chi connectivity index (χ1n) is 6.25. The highest BCUT2D eigenvalue weighted by atomic mass is 16.5. The van der Waals surface area contributed by atoms with E-state index in [2.05, 4.69) is 4.98 Å². The van der Waals surface area contributed by atoms with E-state index in [0.29, 0.717) is 13.0 Å². The Morgan fingerprint density at radius 2 is 1.95 bits per heavy atom. The molecule has 0 unspecified atom stereocenters. The largest absolute Gasteiger partial charge is 0.508 e. The second-order valence-corrected chi connectivity index (χ2v) is 4.49. The maximum Gasteiger partial charge on any atom is 0.251 e. The molecule has 0 saturated carbocycles. The van der Waals surface area contributed by atoms with Crippen LogP contribution in [0.1, 0.15) is 17.7 Å². The van der Waals surface area contributed by atoms with Crippen molar-refractivity contribution in [3.8, 4) is 11.5 Å². The Kier molecular flexibility index (Phi) is 4.23. The molecule has 1 heterocycles. The maximum atomic E-state index is 11.2. The lowest BCUT2D eigenvalue weighted by molar-refractivity contribution is 0.310. The predicted molar refractivity (Wildman–Crippen MR) is 73.7 cm³/mol. The van der Waals surface area contributed by atoms with Crippen molar-refractivity contribution in [1.82, 2.24) is 4.98 Å². The normalized spacial score (nSPS) is 10.4. The number of aryl methyl sites for hydroxylation is 2. The van der Waals surface area contributed by atoms with Crippen molar-refractivity contribution >= 4 is 0 Å². The van der Waals surface area contributed by atoms with Crippen molar-refractivity contribution in [2.75, 3.05) is 6.61 Å². The molecule has 19 heavy (non-hydrogen) atoms. The lowest BCUT2D eigenvalue weighted by Gasteiger charge is -2.06. The van der Waals surface area contributed by atoms with E-state index in [1.807, 2.05) is 31.2 Å². The van der Waals surface area contributed by atoms with Gasteiger partial charge in [0.25, 0.3) is 5.56 Å². The van der Waals surface area contributed by atoms with Crippen LogP contribution in [0.2, 0.25) is 0 Å². The van der Waals surface area contributed by atoms with Gasteiger partial charge < -0.3 is 14.8 Å². The molecular weight excluding hydrogens is 242 g/mol. The summed E-state index contributed by atoms with van der Waals surface area (Å²) >= 11 is 0. The van der Waals surface area contributed by atoms with Crippen molar-refractivity contribution in [1.29, 1.82) is 0 Å². The Labute approximate surface area is 111 Å². The zero-order chi connectivity index (χ0) is 13.7. The van der Waals surface area contributed by atoms with E-state index in [1.165, 1.54) is 5.56 Å². The third kappa shape index (κ3) is 4.17. The van der Waals surface area contributed by atoms with Gasteiger partial charge in [0, 0.05) is 11.8 Å². The lowest BCUT2D eigenvalue weighted by atomic mass is 10.2. The summed E-state index contributed by atoms with van der Waals surface area (Å²) in [6.45, 7) is 2.60. The first kappa shape index (κ1) is 13.2. The zero-order valence-electron chi connectivity index (χ0n) is 10.8. The van der Waals surface area contributed by atoms with Crippen LogP contribution in [0, 0.1) is 6.92 Å². The Morgan fingerprint density at radius 1 is 1.21 bits per heavy atom. The van der Waals surface area contributed by atoms with Crippen molar-refractivity contribution in [2.45, 2.75) is 19.8 Å². The molecule has 2 N–H and O–H groups in total. The molecule has 0 radical (unpaired) electrons. The van der Waals surface area contributed by atoms with Crippen molar-refractivity contribution < 1.29 is 9.84 Å². The number of ether oxygens (including phenoxy) is 1. The molecule has 0 aliphatic rings. The summed E-state index contributed by atoms with van der Waals surface area (Å²) in [6.07, 6.45) is 1.43. The van der Waals surface area contributed by atoms with Crippen molar-refractivity contribution in [2.24, 2.45) is 0 Å². The highest BCUT2D eigenvalue weighted by Crippen LogP contribution is 2.12. The van der Waals surface area contributed by atoms with Gasteiger partial charge in [-0.2, -0.15) is 0 Å². The smallest absolute Gasteiger partial charge is 0.251 e. The topological polar surface area (TPSA) is 62.3 Å². The van der Waals surface area contributed by atoms with E-state index in [0.717, 1.165) is 23.9 Å². The third-order valence-corrected chi connectivity index (χ3v) is 2.77. The van der Waals surface area contributed by atoms with E-state index >= 15 is 0 Å². The SMILES string of the molecule is Cc1ccc(OCCCc2cc(O)cc(=O)[nH]2)cc1. The van der Waals surface area contributed by atoms with Gasteiger partial charge in [0.2, 0.25) is 0 Å². The summed E-state index contributed by atoms with van der Waals surface area (Å²) in [6, 6.07) is 10.6. The van der Waals surface area contributed by atoms with Crippen molar-refractivity contribution in [3.05, 3.63) is 58.0 Å². The van der Waals surface area contributed by atoms with Gasteiger partial charge in [0.05, 0.1) is 6.61 Å². The number of hydrogen-bond acceptors (Lipinski definition) is 3. The molecule has 0 aliphatic carbocycles. The van der Waals surface area contributed by atoms with Gasteiger partial charge in [-0.3, -0.25) is 4.79 Å². The van der Waals surface area contributed by atoms with Gasteiger partial charge in [-0.25, -0.2) is 0 Å². The number of aromatic amines is 1. The fourth-order valence-corrected chi connectivity index (χ4v) is 1.81. The number of pyridine rings is 1. The molecule has 100 valence electrons. The molecule has 0 bridgehead atoms. The van der Waals surface area contributed by atoms with Gasteiger partial charge in [-0.15, -0.1) is 0 Å². The summed E-state index contributed by atoms with van der Waals surface area (Å²) in [4.78, 5) is 13.8. The highest BCUT2D eigenvalue weighted by molar-refractivity contribution is 5.26.